The highest BCUT2D eigenvalue weighted by Crippen LogP contribution is 2.37. The number of amides is 1. The zero-order valence-electron chi connectivity index (χ0n) is 11.0. The number of aromatic amines is 1. The third-order valence-electron chi connectivity index (χ3n) is 3.79. The number of thioether (sulfide) groups is 1. The number of hydrogen-bond acceptors (Lipinski definition) is 3. The van der Waals surface area contributed by atoms with Gasteiger partial charge in [0.1, 0.15) is 0 Å². The standard InChI is InChI=1S/C14H19N3OS/c18-14(17-5-3-1-2-4-6-17)11-7-13(19-10-11)12-8-15-16-9-12/h7-9,11H,1-6,10H2,(H,15,16). The van der Waals surface area contributed by atoms with Gasteiger partial charge in [-0.05, 0) is 12.8 Å². The zero-order valence-corrected chi connectivity index (χ0v) is 11.8. The van der Waals surface area contributed by atoms with E-state index in [-0.39, 0.29) is 5.92 Å². The summed E-state index contributed by atoms with van der Waals surface area (Å²) in [5.41, 5.74) is 1.09. The summed E-state index contributed by atoms with van der Waals surface area (Å²) in [6, 6.07) is 0. The van der Waals surface area contributed by atoms with Crippen molar-refractivity contribution < 1.29 is 4.79 Å². The number of H-pyrrole nitrogens is 1. The van der Waals surface area contributed by atoms with E-state index >= 15 is 0 Å². The van der Waals surface area contributed by atoms with Gasteiger partial charge >= 0.3 is 0 Å². The maximum absolute atomic E-state index is 12.5. The van der Waals surface area contributed by atoms with Gasteiger partial charge < -0.3 is 4.90 Å². The molecule has 2 aliphatic rings. The Hall–Kier alpha value is -1.23. The molecule has 3 heterocycles. The van der Waals surface area contributed by atoms with E-state index in [1.165, 1.54) is 17.7 Å². The first-order chi connectivity index (χ1) is 9.34. The van der Waals surface area contributed by atoms with Crippen molar-refractivity contribution in [1.82, 2.24) is 15.1 Å². The van der Waals surface area contributed by atoms with Crippen LogP contribution in [0.3, 0.4) is 0 Å². The smallest absolute Gasteiger partial charge is 0.230 e. The molecule has 0 spiro atoms. The molecule has 19 heavy (non-hydrogen) atoms. The van der Waals surface area contributed by atoms with Gasteiger partial charge in [0.05, 0.1) is 12.1 Å². The van der Waals surface area contributed by atoms with Crippen molar-refractivity contribution in [1.29, 1.82) is 0 Å². The Balaban J connectivity index is 1.67. The first-order valence-electron chi connectivity index (χ1n) is 6.97. The van der Waals surface area contributed by atoms with Gasteiger partial charge in [-0.3, -0.25) is 9.89 Å². The number of nitrogens with one attached hydrogen (secondary N) is 1. The molecule has 1 amide bonds. The van der Waals surface area contributed by atoms with Crippen LogP contribution in [0.2, 0.25) is 0 Å². The van der Waals surface area contributed by atoms with Gasteiger partial charge in [0.15, 0.2) is 0 Å². The number of carbonyl (C=O) groups excluding carboxylic acids is 1. The van der Waals surface area contributed by atoms with Crippen LogP contribution in [-0.2, 0) is 4.79 Å². The van der Waals surface area contributed by atoms with Crippen LogP contribution < -0.4 is 0 Å². The van der Waals surface area contributed by atoms with Crippen molar-refractivity contribution in [3.05, 3.63) is 24.0 Å². The minimum Gasteiger partial charge on any atom is -0.342 e. The number of hydrogen-bond donors (Lipinski definition) is 1. The van der Waals surface area contributed by atoms with Gasteiger partial charge in [-0.1, -0.05) is 18.9 Å². The number of aromatic nitrogens is 2. The van der Waals surface area contributed by atoms with E-state index in [2.05, 4.69) is 21.2 Å². The molecule has 0 saturated carbocycles. The van der Waals surface area contributed by atoms with E-state index in [1.54, 1.807) is 11.8 Å². The van der Waals surface area contributed by atoms with Crippen molar-refractivity contribution in [2.24, 2.45) is 5.92 Å². The Morgan fingerprint density at radius 3 is 2.79 bits per heavy atom. The van der Waals surface area contributed by atoms with Crippen LogP contribution in [-0.4, -0.2) is 39.8 Å². The Morgan fingerprint density at radius 2 is 2.11 bits per heavy atom. The molecule has 1 aromatic rings. The number of nitrogens with zero attached hydrogens (tertiary/aromatic N) is 2. The SMILES string of the molecule is O=C(C1C=C(c2cn[nH]c2)SC1)N1CCCCCC1. The predicted octanol–water partition coefficient (Wildman–Crippen LogP) is 2.52. The Kier molecular flexibility index (Phi) is 3.92. The number of likely N-dealkylation sites (tertiary alicyclic amines) is 1. The van der Waals surface area contributed by atoms with Crippen LogP contribution in [0.5, 0.6) is 0 Å². The third-order valence-corrected chi connectivity index (χ3v) is 5.00. The van der Waals surface area contributed by atoms with Crippen LogP contribution in [0.1, 0.15) is 31.2 Å². The number of carbonyl (C=O) groups is 1. The maximum Gasteiger partial charge on any atom is 0.230 e. The summed E-state index contributed by atoms with van der Waals surface area (Å²) >= 11 is 1.76. The molecule has 1 fully saturated rings. The van der Waals surface area contributed by atoms with Gasteiger partial charge in [0.25, 0.3) is 0 Å². The van der Waals surface area contributed by atoms with Crippen LogP contribution in [0.4, 0.5) is 0 Å². The van der Waals surface area contributed by atoms with E-state index in [9.17, 15) is 4.79 Å². The highest BCUT2D eigenvalue weighted by Gasteiger charge is 2.28. The van der Waals surface area contributed by atoms with E-state index in [0.29, 0.717) is 5.91 Å². The molecule has 1 saturated heterocycles. The van der Waals surface area contributed by atoms with Gasteiger partial charge in [0, 0.05) is 35.5 Å². The highest BCUT2D eigenvalue weighted by molar-refractivity contribution is 8.08. The summed E-state index contributed by atoms with van der Waals surface area (Å²) in [4.78, 5) is 15.8. The Morgan fingerprint density at radius 1 is 1.32 bits per heavy atom. The molecule has 102 valence electrons. The largest absolute Gasteiger partial charge is 0.342 e. The van der Waals surface area contributed by atoms with Gasteiger partial charge in [-0.15, -0.1) is 11.8 Å². The second-order valence-electron chi connectivity index (χ2n) is 5.17. The second-order valence-corrected chi connectivity index (χ2v) is 6.24. The van der Waals surface area contributed by atoms with E-state index in [1.807, 2.05) is 12.4 Å². The highest BCUT2D eigenvalue weighted by atomic mass is 32.2. The molecule has 0 aliphatic carbocycles. The summed E-state index contributed by atoms with van der Waals surface area (Å²) in [6.07, 6.45) is 10.7. The monoisotopic (exact) mass is 277 g/mol. The molecule has 2 aliphatic heterocycles. The first-order valence-corrected chi connectivity index (χ1v) is 7.96. The van der Waals surface area contributed by atoms with Crippen molar-refractivity contribution in [3.63, 3.8) is 0 Å². The molecule has 0 bridgehead atoms. The van der Waals surface area contributed by atoms with Crippen LogP contribution in [0.25, 0.3) is 4.91 Å². The quantitative estimate of drug-likeness (QED) is 0.903. The molecule has 1 aromatic heterocycles. The molecular formula is C14H19N3OS. The lowest BCUT2D eigenvalue weighted by Crippen LogP contribution is -2.36. The summed E-state index contributed by atoms with van der Waals surface area (Å²) in [7, 11) is 0. The zero-order chi connectivity index (χ0) is 13.1. The minimum absolute atomic E-state index is 0.0491. The fourth-order valence-corrected chi connectivity index (χ4v) is 3.83. The summed E-state index contributed by atoms with van der Waals surface area (Å²) in [6.45, 7) is 1.88. The molecule has 1 atom stereocenters. The van der Waals surface area contributed by atoms with Crippen molar-refractivity contribution in [3.8, 4) is 0 Å². The maximum atomic E-state index is 12.5. The Bertz CT molecular complexity index is 461. The van der Waals surface area contributed by atoms with E-state index < -0.39 is 0 Å². The molecule has 4 nitrogen and oxygen atoms in total. The van der Waals surface area contributed by atoms with Crippen molar-refractivity contribution in [2.75, 3.05) is 18.8 Å². The van der Waals surface area contributed by atoms with Gasteiger partial charge in [0.2, 0.25) is 5.91 Å². The molecular weight excluding hydrogens is 258 g/mol. The normalized spacial score (nSPS) is 24.1. The molecule has 1 N–H and O–H groups in total. The van der Waals surface area contributed by atoms with Crippen molar-refractivity contribution >= 4 is 22.6 Å². The lowest BCUT2D eigenvalue weighted by atomic mass is 10.1. The summed E-state index contributed by atoms with van der Waals surface area (Å²) < 4.78 is 0. The third kappa shape index (κ3) is 2.86. The van der Waals surface area contributed by atoms with E-state index in [4.69, 9.17) is 0 Å². The minimum atomic E-state index is 0.0491. The number of rotatable bonds is 2. The molecule has 1 unspecified atom stereocenters. The topological polar surface area (TPSA) is 49.0 Å². The van der Waals surface area contributed by atoms with Crippen LogP contribution in [0, 0.1) is 5.92 Å². The fraction of sp³-hybridized carbons (Fsp3) is 0.571. The van der Waals surface area contributed by atoms with Gasteiger partial charge in [-0.2, -0.15) is 5.10 Å². The van der Waals surface area contributed by atoms with Crippen LogP contribution in [0.15, 0.2) is 18.5 Å². The first kappa shape index (κ1) is 12.8. The lowest BCUT2D eigenvalue weighted by molar-refractivity contribution is -0.133. The summed E-state index contributed by atoms with van der Waals surface area (Å²) in [5, 5.41) is 6.79. The van der Waals surface area contributed by atoms with Crippen LogP contribution >= 0.6 is 11.8 Å². The lowest BCUT2D eigenvalue weighted by Gasteiger charge is -2.22. The molecule has 0 radical (unpaired) electrons. The molecule has 5 heteroatoms. The summed E-state index contributed by atoms with van der Waals surface area (Å²) in [5.74, 6) is 1.23. The average molecular weight is 277 g/mol. The second kappa shape index (κ2) is 5.82. The van der Waals surface area contributed by atoms with Crippen molar-refractivity contribution in [2.45, 2.75) is 25.7 Å². The Labute approximate surface area is 117 Å². The molecule has 3 rings (SSSR count). The average Bonchev–Trinajstić information content (AvgIpc) is 3.04. The predicted molar refractivity (Wildman–Crippen MR) is 77.6 cm³/mol. The van der Waals surface area contributed by atoms with E-state index in [0.717, 1.165) is 37.2 Å². The molecule has 0 aromatic carbocycles. The fourth-order valence-electron chi connectivity index (χ4n) is 2.69. The van der Waals surface area contributed by atoms with Gasteiger partial charge in [-0.25, -0.2) is 0 Å².